The van der Waals surface area contributed by atoms with E-state index in [0.29, 0.717) is 6.54 Å². The zero-order valence-corrected chi connectivity index (χ0v) is 12.8. The van der Waals surface area contributed by atoms with E-state index in [2.05, 4.69) is 0 Å². The van der Waals surface area contributed by atoms with Crippen LogP contribution in [0, 0.1) is 16.0 Å². The SMILES string of the molecule is CC(C)CN(C1CC1)S(=O)(=O)c1cc(N)ccc1[N+](=O)[O-]. The van der Waals surface area contributed by atoms with E-state index < -0.39 is 20.6 Å². The highest BCUT2D eigenvalue weighted by Gasteiger charge is 2.41. The lowest BCUT2D eigenvalue weighted by Crippen LogP contribution is -2.36. The van der Waals surface area contributed by atoms with E-state index in [9.17, 15) is 18.5 Å². The van der Waals surface area contributed by atoms with Crippen molar-refractivity contribution in [2.24, 2.45) is 5.92 Å². The molecule has 2 rings (SSSR count). The zero-order valence-electron chi connectivity index (χ0n) is 12.0. The summed E-state index contributed by atoms with van der Waals surface area (Å²) < 4.78 is 27.0. The van der Waals surface area contributed by atoms with Gasteiger partial charge in [0.05, 0.1) is 4.92 Å². The lowest BCUT2D eigenvalue weighted by molar-refractivity contribution is -0.387. The second-order valence-electron chi connectivity index (χ2n) is 5.68. The number of nitro groups is 1. The number of benzene rings is 1. The largest absolute Gasteiger partial charge is 0.399 e. The maximum absolute atomic E-state index is 12.8. The van der Waals surface area contributed by atoms with Crippen molar-refractivity contribution in [1.82, 2.24) is 4.31 Å². The van der Waals surface area contributed by atoms with Crippen molar-refractivity contribution in [3.8, 4) is 0 Å². The maximum atomic E-state index is 12.8. The number of nitro benzene ring substituents is 1. The quantitative estimate of drug-likeness (QED) is 0.491. The summed E-state index contributed by atoms with van der Waals surface area (Å²) in [5, 5.41) is 11.1. The molecular formula is C13H19N3O4S. The Morgan fingerprint density at radius 3 is 2.52 bits per heavy atom. The van der Waals surface area contributed by atoms with E-state index >= 15 is 0 Å². The second kappa shape index (κ2) is 5.61. The molecule has 1 aliphatic rings. The molecule has 7 nitrogen and oxygen atoms in total. The lowest BCUT2D eigenvalue weighted by Gasteiger charge is -2.23. The Morgan fingerprint density at radius 2 is 2.05 bits per heavy atom. The van der Waals surface area contributed by atoms with Crippen LogP contribution < -0.4 is 5.73 Å². The van der Waals surface area contributed by atoms with Gasteiger partial charge in [0.15, 0.2) is 4.90 Å². The normalized spacial score (nSPS) is 15.6. The fourth-order valence-corrected chi connectivity index (χ4v) is 4.22. The van der Waals surface area contributed by atoms with Gasteiger partial charge in [-0.05, 0) is 30.9 Å². The Hall–Kier alpha value is -1.67. The molecule has 0 aliphatic heterocycles. The molecule has 1 saturated carbocycles. The average Bonchev–Trinajstić information content (AvgIpc) is 3.19. The van der Waals surface area contributed by atoms with Crippen molar-refractivity contribution in [1.29, 1.82) is 0 Å². The Balaban J connectivity index is 2.51. The first kappa shape index (κ1) is 15.7. The van der Waals surface area contributed by atoms with Crippen LogP contribution in [0.4, 0.5) is 11.4 Å². The molecule has 0 atom stereocenters. The van der Waals surface area contributed by atoms with Crippen molar-refractivity contribution < 1.29 is 13.3 Å². The van der Waals surface area contributed by atoms with Gasteiger partial charge in [0, 0.05) is 24.3 Å². The third-order valence-electron chi connectivity index (χ3n) is 3.27. The number of nitrogen functional groups attached to an aromatic ring is 1. The van der Waals surface area contributed by atoms with E-state index in [1.165, 1.54) is 16.4 Å². The van der Waals surface area contributed by atoms with E-state index in [1.54, 1.807) is 0 Å². The molecule has 0 unspecified atom stereocenters. The zero-order chi connectivity index (χ0) is 15.8. The molecule has 0 amide bonds. The molecule has 21 heavy (non-hydrogen) atoms. The van der Waals surface area contributed by atoms with Gasteiger partial charge in [0.25, 0.3) is 5.69 Å². The number of rotatable bonds is 6. The minimum atomic E-state index is -3.92. The summed E-state index contributed by atoms with van der Waals surface area (Å²) in [6.45, 7) is 4.18. The number of nitrogens with zero attached hydrogens (tertiary/aromatic N) is 2. The lowest BCUT2D eigenvalue weighted by atomic mass is 10.2. The highest BCUT2D eigenvalue weighted by Crippen LogP contribution is 2.36. The van der Waals surface area contributed by atoms with Crippen molar-refractivity contribution in [2.75, 3.05) is 12.3 Å². The van der Waals surface area contributed by atoms with Gasteiger partial charge in [0.2, 0.25) is 10.0 Å². The van der Waals surface area contributed by atoms with Crippen LogP contribution in [-0.4, -0.2) is 30.2 Å². The molecule has 1 aromatic carbocycles. The molecule has 0 saturated heterocycles. The second-order valence-corrected chi connectivity index (χ2v) is 7.54. The van der Waals surface area contributed by atoms with E-state index in [4.69, 9.17) is 5.73 Å². The van der Waals surface area contributed by atoms with Gasteiger partial charge in [-0.1, -0.05) is 13.8 Å². The average molecular weight is 313 g/mol. The predicted octanol–water partition coefficient (Wildman–Crippen LogP) is 1.99. The van der Waals surface area contributed by atoms with E-state index in [1.807, 2.05) is 13.8 Å². The molecule has 0 radical (unpaired) electrons. The molecule has 116 valence electrons. The van der Waals surface area contributed by atoms with Crippen molar-refractivity contribution in [3.63, 3.8) is 0 Å². The van der Waals surface area contributed by atoms with Crippen LogP contribution in [0.15, 0.2) is 23.1 Å². The summed E-state index contributed by atoms with van der Waals surface area (Å²) >= 11 is 0. The van der Waals surface area contributed by atoms with Gasteiger partial charge in [0.1, 0.15) is 0 Å². The smallest absolute Gasteiger partial charge is 0.289 e. The summed E-state index contributed by atoms with van der Waals surface area (Å²) in [6, 6.07) is 3.59. The van der Waals surface area contributed by atoms with Crippen molar-refractivity contribution >= 4 is 21.4 Å². The minimum absolute atomic E-state index is 0.0570. The first-order chi connectivity index (χ1) is 9.73. The molecule has 1 fully saturated rings. The molecular weight excluding hydrogens is 294 g/mol. The van der Waals surface area contributed by atoms with Gasteiger partial charge in [-0.2, -0.15) is 4.31 Å². The number of hydrogen-bond donors (Lipinski definition) is 1. The van der Waals surface area contributed by atoms with Crippen molar-refractivity contribution in [2.45, 2.75) is 37.6 Å². The van der Waals surface area contributed by atoms with Crippen LogP contribution in [-0.2, 0) is 10.0 Å². The highest BCUT2D eigenvalue weighted by molar-refractivity contribution is 7.89. The third-order valence-corrected chi connectivity index (χ3v) is 5.21. The van der Waals surface area contributed by atoms with Gasteiger partial charge >= 0.3 is 0 Å². The number of nitrogens with two attached hydrogens (primary N) is 1. The van der Waals surface area contributed by atoms with Crippen LogP contribution in [0.5, 0.6) is 0 Å². The van der Waals surface area contributed by atoms with Crippen LogP contribution in [0.2, 0.25) is 0 Å². The van der Waals surface area contributed by atoms with Crippen LogP contribution in [0.25, 0.3) is 0 Å². The molecule has 1 aliphatic carbocycles. The van der Waals surface area contributed by atoms with Crippen molar-refractivity contribution in [3.05, 3.63) is 28.3 Å². The van der Waals surface area contributed by atoms with Crippen LogP contribution in [0.1, 0.15) is 26.7 Å². The third kappa shape index (κ3) is 3.33. The Bertz CT molecular complexity index is 653. The topological polar surface area (TPSA) is 107 Å². The number of sulfonamides is 1. The minimum Gasteiger partial charge on any atom is -0.399 e. The van der Waals surface area contributed by atoms with E-state index in [-0.39, 0.29) is 22.5 Å². The summed E-state index contributed by atoms with van der Waals surface area (Å²) in [5.74, 6) is 0.139. The fraction of sp³-hybridized carbons (Fsp3) is 0.538. The van der Waals surface area contributed by atoms with Crippen LogP contribution >= 0.6 is 0 Å². The molecule has 8 heteroatoms. The van der Waals surface area contributed by atoms with Gasteiger partial charge < -0.3 is 5.73 Å². The fourth-order valence-electron chi connectivity index (χ4n) is 2.18. The van der Waals surface area contributed by atoms with Gasteiger partial charge in [-0.15, -0.1) is 0 Å². The number of hydrogen-bond acceptors (Lipinski definition) is 5. The Morgan fingerprint density at radius 1 is 1.43 bits per heavy atom. The first-order valence-electron chi connectivity index (χ1n) is 6.79. The molecule has 0 spiro atoms. The monoisotopic (exact) mass is 313 g/mol. The number of anilines is 1. The molecule has 0 bridgehead atoms. The molecule has 1 aromatic rings. The summed E-state index contributed by atoms with van der Waals surface area (Å²) in [7, 11) is -3.92. The predicted molar refractivity (Wildman–Crippen MR) is 79.3 cm³/mol. The van der Waals surface area contributed by atoms with Crippen LogP contribution in [0.3, 0.4) is 0 Å². The van der Waals surface area contributed by atoms with E-state index in [0.717, 1.165) is 18.9 Å². The standard InChI is InChI=1S/C13H19N3O4S/c1-9(2)8-15(11-4-5-11)21(19,20)13-7-10(14)3-6-12(13)16(17)18/h3,6-7,9,11H,4-5,8,14H2,1-2H3. The maximum Gasteiger partial charge on any atom is 0.289 e. The summed E-state index contributed by atoms with van der Waals surface area (Å²) in [6.07, 6.45) is 1.59. The molecule has 0 aromatic heterocycles. The highest BCUT2D eigenvalue weighted by atomic mass is 32.2. The molecule has 0 heterocycles. The van der Waals surface area contributed by atoms with Gasteiger partial charge in [-0.25, -0.2) is 8.42 Å². The van der Waals surface area contributed by atoms with Gasteiger partial charge in [-0.3, -0.25) is 10.1 Å². The Kier molecular flexibility index (Phi) is 4.20. The summed E-state index contributed by atoms with van der Waals surface area (Å²) in [4.78, 5) is 10.1. The molecule has 2 N–H and O–H groups in total. The Labute approximate surface area is 123 Å². The summed E-state index contributed by atoms with van der Waals surface area (Å²) in [5.41, 5.74) is 5.37. The first-order valence-corrected chi connectivity index (χ1v) is 8.23.